The van der Waals surface area contributed by atoms with Gasteiger partial charge in [-0.2, -0.15) is 0 Å². The molecule has 10 heteroatoms. The van der Waals surface area contributed by atoms with Gasteiger partial charge in [0.1, 0.15) is 10.0 Å². The molecule has 1 heterocycles. The van der Waals surface area contributed by atoms with Crippen molar-refractivity contribution in [3.05, 3.63) is 60.7 Å². The van der Waals surface area contributed by atoms with Crippen LogP contribution in [-0.4, -0.2) is 61.4 Å². The molecule has 2 aromatic rings. The molecule has 0 amide bonds. The van der Waals surface area contributed by atoms with Crippen LogP contribution in [0, 0.1) is 0 Å². The Labute approximate surface area is 238 Å². The van der Waals surface area contributed by atoms with E-state index >= 15 is 0 Å². The predicted molar refractivity (Wildman–Crippen MR) is 153 cm³/mol. The lowest BCUT2D eigenvalue weighted by molar-refractivity contribution is -0.252. The molecule has 0 bridgehead atoms. The minimum absolute atomic E-state index is 0.00408. The molecule has 8 nitrogen and oxygen atoms in total. The number of hydrogen-bond acceptors (Lipinski definition) is 8. The lowest BCUT2D eigenvalue weighted by Gasteiger charge is -2.46. The molecule has 0 unspecified atom stereocenters. The highest BCUT2D eigenvalue weighted by Gasteiger charge is 2.54. The summed E-state index contributed by atoms with van der Waals surface area (Å²) in [5.41, 5.74) is 0. The third-order valence-electron chi connectivity index (χ3n) is 6.34. The van der Waals surface area contributed by atoms with Crippen LogP contribution in [0.3, 0.4) is 0 Å². The van der Waals surface area contributed by atoms with Crippen LogP contribution in [0.2, 0.25) is 5.04 Å². The molecule has 0 radical (unpaired) electrons. The van der Waals surface area contributed by atoms with Gasteiger partial charge >= 0.3 is 17.9 Å². The second-order valence-electron chi connectivity index (χ2n) is 10.2. The van der Waals surface area contributed by atoms with E-state index in [0.717, 1.165) is 10.4 Å². The van der Waals surface area contributed by atoms with Gasteiger partial charge < -0.3 is 23.4 Å². The highest BCUT2D eigenvalue weighted by molar-refractivity contribution is 14.1. The molecule has 0 saturated carbocycles. The molecule has 0 aromatic heterocycles. The van der Waals surface area contributed by atoms with Gasteiger partial charge in [0.15, 0.2) is 12.2 Å². The normalized spacial score (nSPS) is 23.8. The first kappa shape index (κ1) is 30.3. The van der Waals surface area contributed by atoms with Crippen LogP contribution >= 0.6 is 22.6 Å². The van der Waals surface area contributed by atoms with Crippen molar-refractivity contribution in [2.75, 3.05) is 6.61 Å². The van der Waals surface area contributed by atoms with Gasteiger partial charge in [-0.25, -0.2) is 0 Å². The quantitative estimate of drug-likeness (QED) is 0.140. The van der Waals surface area contributed by atoms with E-state index in [1.807, 2.05) is 59.0 Å². The number of rotatable bonds is 8. The maximum Gasteiger partial charge on any atom is 0.304 e. The molecule has 5 atom stereocenters. The van der Waals surface area contributed by atoms with Gasteiger partial charge in [0, 0.05) is 20.8 Å². The van der Waals surface area contributed by atoms with Crippen molar-refractivity contribution in [3.63, 3.8) is 0 Å². The largest absolute Gasteiger partial charge is 0.457 e. The summed E-state index contributed by atoms with van der Waals surface area (Å²) in [5, 5.41) is 1.83. The molecule has 3 rings (SSSR count). The number of hydrogen-bond donors (Lipinski definition) is 0. The van der Waals surface area contributed by atoms with Crippen molar-refractivity contribution in [2.45, 2.75) is 75.1 Å². The van der Waals surface area contributed by atoms with Crippen LogP contribution in [0.4, 0.5) is 0 Å². The van der Waals surface area contributed by atoms with E-state index in [1.54, 1.807) is 0 Å². The Morgan fingerprint density at radius 3 is 1.66 bits per heavy atom. The van der Waals surface area contributed by atoms with Gasteiger partial charge in [0.05, 0.1) is 6.61 Å². The van der Waals surface area contributed by atoms with Gasteiger partial charge in [-0.15, -0.1) is 0 Å². The van der Waals surface area contributed by atoms with Crippen molar-refractivity contribution in [1.82, 2.24) is 0 Å². The molecule has 0 N–H and O–H groups in total. The summed E-state index contributed by atoms with van der Waals surface area (Å²) in [6.07, 6.45) is -3.79. The van der Waals surface area contributed by atoms with Gasteiger partial charge in [-0.3, -0.25) is 14.4 Å². The smallest absolute Gasteiger partial charge is 0.304 e. The summed E-state index contributed by atoms with van der Waals surface area (Å²) in [6.45, 7) is 10.3. The van der Waals surface area contributed by atoms with Crippen LogP contribution in [0.25, 0.3) is 0 Å². The van der Waals surface area contributed by atoms with Crippen LogP contribution in [0.1, 0.15) is 41.5 Å². The Morgan fingerprint density at radius 1 is 0.789 bits per heavy atom. The van der Waals surface area contributed by atoms with Crippen LogP contribution in [0.5, 0.6) is 0 Å². The maximum absolute atomic E-state index is 12.1. The van der Waals surface area contributed by atoms with Crippen molar-refractivity contribution < 1.29 is 37.8 Å². The molecule has 1 aliphatic heterocycles. The van der Waals surface area contributed by atoms with E-state index in [1.165, 1.54) is 20.8 Å². The van der Waals surface area contributed by atoms with Crippen molar-refractivity contribution in [1.29, 1.82) is 0 Å². The number of carbonyl (C=O) groups is 3. The summed E-state index contributed by atoms with van der Waals surface area (Å²) in [7, 11) is -2.97. The monoisotopic (exact) mass is 654 g/mol. The first-order valence-electron chi connectivity index (χ1n) is 12.4. The molecule has 1 fully saturated rings. The van der Waals surface area contributed by atoms with Crippen molar-refractivity contribution in [2.24, 2.45) is 0 Å². The summed E-state index contributed by atoms with van der Waals surface area (Å²) in [6, 6.07) is 20.2. The number of benzene rings is 2. The van der Waals surface area contributed by atoms with E-state index in [-0.39, 0.29) is 11.6 Å². The number of ether oxygens (including phenoxy) is 4. The minimum Gasteiger partial charge on any atom is -0.457 e. The lowest BCUT2D eigenvalue weighted by atomic mass is 10.0. The van der Waals surface area contributed by atoms with E-state index < -0.39 is 54.8 Å². The highest BCUT2D eigenvalue weighted by atomic mass is 127. The Bertz CT molecular complexity index is 1070. The van der Waals surface area contributed by atoms with Crippen LogP contribution in [0.15, 0.2) is 60.7 Å². The van der Waals surface area contributed by atoms with Gasteiger partial charge in [0.2, 0.25) is 6.29 Å². The molecular formula is C28H35IO8Si. The Morgan fingerprint density at radius 2 is 1.24 bits per heavy atom. The predicted octanol–water partition coefficient (Wildman–Crippen LogP) is 3.52. The molecule has 0 aliphatic carbocycles. The molecule has 206 valence electrons. The van der Waals surface area contributed by atoms with E-state index in [4.69, 9.17) is 23.4 Å². The number of halogens is 1. The number of esters is 3. The highest BCUT2D eigenvalue weighted by Crippen LogP contribution is 2.38. The zero-order chi connectivity index (χ0) is 28.1. The minimum atomic E-state index is -2.97. The fraction of sp³-hybridized carbons (Fsp3) is 0.464. The topological polar surface area (TPSA) is 97.4 Å². The number of carbonyl (C=O) groups excluding carboxylic acids is 3. The van der Waals surface area contributed by atoms with E-state index in [2.05, 4.69) is 45.0 Å². The van der Waals surface area contributed by atoms with Gasteiger partial charge in [-0.05, 0) is 15.4 Å². The first-order chi connectivity index (χ1) is 17.9. The zero-order valence-corrected chi connectivity index (χ0v) is 25.7. The first-order valence-corrected chi connectivity index (χ1v) is 15.6. The molecule has 38 heavy (non-hydrogen) atoms. The molecule has 2 aromatic carbocycles. The molecular weight excluding hydrogens is 619 g/mol. The maximum atomic E-state index is 12.1. The summed E-state index contributed by atoms with van der Waals surface area (Å²) >= 11 is 1.99. The second kappa shape index (κ2) is 12.7. The fourth-order valence-corrected chi connectivity index (χ4v) is 10.3. The van der Waals surface area contributed by atoms with Gasteiger partial charge in [-0.1, -0.05) is 104 Å². The average Bonchev–Trinajstić information content (AvgIpc) is 2.84. The molecule has 0 spiro atoms. The van der Waals surface area contributed by atoms with Crippen molar-refractivity contribution >= 4 is 59.2 Å². The van der Waals surface area contributed by atoms with Gasteiger partial charge in [0.25, 0.3) is 8.32 Å². The van der Waals surface area contributed by atoms with E-state index in [0.29, 0.717) is 0 Å². The summed E-state index contributed by atoms with van der Waals surface area (Å²) in [5.74, 6) is -1.65. The van der Waals surface area contributed by atoms with Crippen molar-refractivity contribution in [3.8, 4) is 0 Å². The summed E-state index contributed by atoms with van der Waals surface area (Å²) in [4.78, 5) is 36.0. The Kier molecular flexibility index (Phi) is 10.1. The molecule has 1 saturated heterocycles. The van der Waals surface area contributed by atoms with E-state index in [9.17, 15) is 14.4 Å². The fourth-order valence-electron chi connectivity index (χ4n) is 4.89. The Balaban J connectivity index is 2.08. The SMILES string of the molecule is CC(=O)O[C@@H]1O[C@H](CO[Si](c2ccccc2)(c2ccccc2)C(C)(C)C)[C@@H](OC(C)=O)[C@H](OC(C)=O)[C@H]1I. The number of alkyl halides is 1. The molecule has 1 aliphatic rings. The standard InChI is InChI=1S/C28H35IO8Si/c1-18(30)34-25-23(37-27(36-20(3)32)24(29)26(25)35-19(2)31)17-33-38(28(4,5)6,21-13-9-7-10-14-21)22-15-11-8-12-16-22/h7-16,23-27H,17H2,1-6H3/t23-,24-,25-,26-,27-/m1/s1. The summed E-state index contributed by atoms with van der Waals surface area (Å²) < 4.78 is 29.2. The van der Waals surface area contributed by atoms with Crippen LogP contribution in [-0.2, 0) is 37.8 Å². The average molecular weight is 655 g/mol. The lowest BCUT2D eigenvalue weighted by Crippen LogP contribution is -2.68. The van der Waals surface area contributed by atoms with Crippen LogP contribution < -0.4 is 10.4 Å². The third-order valence-corrected chi connectivity index (χ3v) is 12.6. The second-order valence-corrected chi connectivity index (χ2v) is 16.0. The zero-order valence-electron chi connectivity index (χ0n) is 22.5. The third kappa shape index (κ3) is 6.83. The Hall–Kier alpha value is -2.28.